The number of aryl methyl sites for hydroxylation is 1. The molecule has 98 valence electrons. The Bertz CT molecular complexity index is 589. The molecule has 19 heavy (non-hydrogen) atoms. The smallest absolute Gasteiger partial charge is 0.227 e. The van der Waals surface area contributed by atoms with Crippen LogP contribution in [0.4, 0.5) is 5.69 Å². The van der Waals surface area contributed by atoms with Crippen LogP contribution in [0.1, 0.15) is 24.8 Å². The molecule has 6 nitrogen and oxygen atoms in total. The van der Waals surface area contributed by atoms with Crippen LogP contribution in [-0.2, 0) is 4.79 Å². The maximum absolute atomic E-state index is 11.9. The van der Waals surface area contributed by atoms with Gasteiger partial charge in [0.1, 0.15) is 6.33 Å². The van der Waals surface area contributed by atoms with Gasteiger partial charge in [-0.2, -0.15) is 0 Å². The highest BCUT2D eigenvalue weighted by atomic mass is 16.1. The number of amides is 1. The minimum atomic E-state index is 0.126. The lowest BCUT2D eigenvalue weighted by Crippen LogP contribution is -2.28. The number of carbonyl (C=O) groups excluding carboxylic acids is 1. The van der Waals surface area contributed by atoms with Gasteiger partial charge < -0.3 is 5.32 Å². The fourth-order valence-electron chi connectivity index (χ4n) is 2.18. The first-order valence-electron chi connectivity index (χ1n) is 6.39. The number of anilines is 1. The van der Waals surface area contributed by atoms with Crippen LogP contribution in [-0.4, -0.2) is 26.1 Å². The molecular weight excluding hydrogens is 242 g/mol. The normalized spacial score (nSPS) is 15.0. The van der Waals surface area contributed by atoms with Crippen molar-refractivity contribution in [1.82, 2.24) is 20.2 Å². The molecule has 3 rings (SSSR count). The van der Waals surface area contributed by atoms with Crippen LogP contribution in [0.25, 0.3) is 5.69 Å². The van der Waals surface area contributed by atoms with E-state index in [-0.39, 0.29) is 11.8 Å². The van der Waals surface area contributed by atoms with Crippen LogP contribution in [0, 0.1) is 12.8 Å². The summed E-state index contributed by atoms with van der Waals surface area (Å²) in [7, 11) is 0. The number of benzene rings is 1. The van der Waals surface area contributed by atoms with Crippen molar-refractivity contribution in [2.75, 3.05) is 5.32 Å². The van der Waals surface area contributed by atoms with E-state index >= 15 is 0 Å². The zero-order valence-corrected chi connectivity index (χ0v) is 10.7. The number of carbonyl (C=O) groups is 1. The highest BCUT2D eigenvalue weighted by Crippen LogP contribution is 2.28. The van der Waals surface area contributed by atoms with E-state index in [2.05, 4.69) is 20.8 Å². The van der Waals surface area contributed by atoms with Crippen molar-refractivity contribution in [2.45, 2.75) is 26.2 Å². The predicted molar refractivity (Wildman–Crippen MR) is 69.9 cm³/mol. The summed E-state index contributed by atoms with van der Waals surface area (Å²) in [5.41, 5.74) is 2.75. The third kappa shape index (κ3) is 2.33. The van der Waals surface area contributed by atoms with Gasteiger partial charge in [-0.05, 0) is 54.0 Å². The second-order valence-electron chi connectivity index (χ2n) is 4.87. The van der Waals surface area contributed by atoms with Crippen LogP contribution in [0.2, 0.25) is 0 Å². The second kappa shape index (κ2) is 4.79. The van der Waals surface area contributed by atoms with Gasteiger partial charge in [0.05, 0.1) is 5.69 Å². The first kappa shape index (κ1) is 11.8. The first-order chi connectivity index (χ1) is 9.24. The highest BCUT2D eigenvalue weighted by Gasteiger charge is 2.25. The number of aromatic nitrogens is 4. The molecule has 2 aromatic rings. The zero-order chi connectivity index (χ0) is 13.2. The van der Waals surface area contributed by atoms with Crippen LogP contribution >= 0.6 is 0 Å². The van der Waals surface area contributed by atoms with Crippen molar-refractivity contribution in [3.05, 3.63) is 30.1 Å². The average Bonchev–Trinajstić information content (AvgIpc) is 2.79. The molecule has 0 unspecified atom stereocenters. The molecule has 0 bridgehead atoms. The van der Waals surface area contributed by atoms with Gasteiger partial charge in [-0.25, -0.2) is 4.68 Å². The molecule has 1 aliphatic carbocycles. The molecule has 1 heterocycles. The fourth-order valence-corrected chi connectivity index (χ4v) is 2.18. The largest absolute Gasteiger partial charge is 0.326 e. The summed E-state index contributed by atoms with van der Waals surface area (Å²) in [4.78, 5) is 11.9. The summed E-state index contributed by atoms with van der Waals surface area (Å²) in [5.74, 6) is 0.320. The number of tetrazole rings is 1. The van der Waals surface area contributed by atoms with Crippen molar-refractivity contribution in [2.24, 2.45) is 5.92 Å². The zero-order valence-electron chi connectivity index (χ0n) is 10.7. The SMILES string of the molecule is Cc1cc(NC(=O)C2CCC2)ccc1-n1cnnn1. The van der Waals surface area contributed by atoms with Gasteiger partial charge in [-0.3, -0.25) is 4.79 Å². The summed E-state index contributed by atoms with van der Waals surface area (Å²) < 4.78 is 1.60. The molecule has 1 saturated carbocycles. The van der Waals surface area contributed by atoms with Crippen molar-refractivity contribution in [3.8, 4) is 5.69 Å². The molecule has 0 saturated heterocycles. The van der Waals surface area contributed by atoms with Crippen LogP contribution in [0.3, 0.4) is 0 Å². The topological polar surface area (TPSA) is 72.7 Å². The van der Waals surface area contributed by atoms with Gasteiger partial charge in [0.15, 0.2) is 0 Å². The Hall–Kier alpha value is -2.24. The lowest BCUT2D eigenvalue weighted by atomic mass is 9.85. The van der Waals surface area contributed by atoms with Gasteiger partial charge >= 0.3 is 0 Å². The van der Waals surface area contributed by atoms with Crippen LogP contribution < -0.4 is 5.32 Å². The highest BCUT2D eigenvalue weighted by molar-refractivity contribution is 5.93. The van der Waals surface area contributed by atoms with Crippen LogP contribution in [0.5, 0.6) is 0 Å². The fraction of sp³-hybridized carbons (Fsp3) is 0.385. The Kier molecular flexibility index (Phi) is 2.98. The van der Waals surface area contributed by atoms with E-state index in [9.17, 15) is 4.79 Å². The summed E-state index contributed by atoms with van der Waals surface area (Å²) in [5, 5.41) is 14.0. The first-order valence-corrected chi connectivity index (χ1v) is 6.39. The van der Waals surface area contributed by atoms with Gasteiger partial charge in [-0.1, -0.05) is 6.42 Å². The molecule has 1 aromatic carbocycles. The van der Waals surface area contributed by atoms with Crippen molar-refractivity contribution >= 4 is 11.6 Å². The van der Waals surface area contributed by atoms with Gasteiger partial charge in [-0.15, -0.1) is 5.10 Å². The summed E-state index contributed by atoms with van der Waals surface area (Å²) in [6, 6.07) is 5.72. The van der Waals surface area contributed by atoms with Gasteiger partial charge in [0.25, 0.3) is 0 Å². The molecule has 1 aromatic heterocycles. The van der Waals surface area contributed by atoms with E-state index < -0.39 is 0 Å². The molecule has 0 atom stereocenters. The van der Waals surface area contributed by atoms with E-state index in [1.165, 1.54) is 0 Å². The van der Waals surface area contributed by atoms with E-state index in [4.69, 9.17) is 0 Å². The van der Waals surface area contributed by atoms with Crippen molar-refractivity contribution in [3.63, 3.8) is 0 Å². The number of nitrogens with one attached hydrogen (secondary N) is 1. The van der Waals surface area contributed by atoms with Crippen LogP contribution in [0.15, 0.2) is 24.5 Å². The Morgan fingerprint density at radius 1 is 1.42 bits per heavy atom. The summed E-state index contributed by atoms with van der Waals surface area (Å²) in [6.07, 6.45) is 4.73. The standard InChI is InChI=1S/C13H15N5O/c1-9-7-11(15-13(19)10-3-2-4-10)5-6-12(9)18-8-14-16-17-18/h5-8,10H,2-4H2,1H3,(H,15,19). The molecule has 1 amide bonds. The van der Waals surface area contributed by atoms with E-state index in [1.54, 1.807) is 11.0 Å². The lowest BCUT2D eigenvalue weighted by Gasteiger charge is -2.24. The molecule has 1 aliphatic rings. The van der Waals surface area contributed by atoms with E-state index in [1.807, 2.05) is 25.1 Å². The Morgan fingerprint density at radius 2 is 2.26 bits per heavy atom. The second-order valence-corrected chi connectivity index (χ2v) is 4.87. The summed E-state index contributed by atoms with van der Waals surface area (Å²) in [6.45, 7) is 1.97. The maximum Gasteiger partial charge on any atom is 0.227 e. The average molecular weight is 257 g/mol. The maximum atomic E-state index is 11.9. The van der Waals surface area contributed by atoms with E-state index in [0.29, 0.717) is 0 Å². The summed E-state index contributed by atoms with van der Waals surface area (Å²) >= 11 is 0. The molecular formula is C13H15N5O. The lowest BCUT2D eigenvalue weighted by molar-refractivity contribution is -0.122. The number of rotatable bonds is 3. The molecule has 0 radical (unpaired) electrons. The van der Waals surface area contributed by atoms with E-state index in [0.717, 1.165) is 36.2 Å². The molecule has 0 spiro atoms. The third-order valence-corrected chi connectivity index (χ3v) is 3.54. The van der Waals surface area contributed by atoms with Crippen molar-refractivity contribution < 1.29 is 4.79 Å². The number of hydrogen-bond acceptors (Lipinski definition) is 4. The minimum absolute atomic E-state index is 0.126. The molecule has 6 heteroatoms. The molecule has 0 aliphatic heterocycles. The quantitative estimate of drug-likeness (QED) is 0.908. The van der Waals surface area contributed by atoms with Gasteiger partial charge in [0.2, 0.25) is 5.91 Å². The van der Waals surface area contributed by atoms with Crippen molar-refractivity contribution in [1.29, 1.82) is 0 Å². The van der Waals surface area contributed by atoms with Gasteiger partial charge in [0, 0.05) is 11.6 Å². The monoisotopic (exact) mass is 257 g/mol. The predicted octanol–water partition coefficient (Wildman–Crippen LogP) is 1.71. The number of hydrogen-bond donors (Lipinski definition) is 1. The third-order valence-electron chi connectivity index (χ3n) is 3.54. The Balaban J connectivity index is 1.77. The molecule has 1 N–H and O–H groups in total. The Labute approximate surface area is 110 Å². The number of nitrogens with zero attached hydrogens (tertiary/aromatic N) is 4. The minimum Gasteiger partial charge on any atom is -0.326 e. The Morgan fingerprint density at radius 3 is 2.84 bits per heavy atom. The molecule has 1 fully saturated rings.